The van der Waals surface area contributed by atoms with Crippen molar-refractivity contribution in [2.75, 3.05) is 34.5 Å². The molecule has 0 saturated carbocycles. The Balaban J connectivity index is 2.87. The second-order valence-electron chi connectivity index (χ2n) is 4.34. The fourth-order valence-electron chi connectivity index (χ4n) is 1.76. The van der Waals surface area contributed by atoms with Crippen LogP contribution in [0.3, 0.4) is 0 Å². The molecule has 0 radical (unpaired) electrons. The van der Waals surface area contributed by atoms with Crippen molar-refractivity contribution in [3.63, 3.8) is 0 Å². The molecular formula is C13H22N2O5S. The normalized spacial score (nSPS) is 13.1. The van der Waals surface area contributed by atoms with Gasteiger partial charge in [0.25, 0.3) is 0 Å². The number of hydrogen-bond acceptors (Lipinski definition) is 6. The van der Waals surface area contributed by atoms with Crippen LogP contribution in [0.1, 0.15) is 5.56 Å². The average Bonchev–Trinajstić information content (AvgIpc) is 2.50. The largest absolute Gasteiger partial charge is 0.496 e. The maximum absolute atomic E-state index is 12.2. The summed E-state index contributed by atoms with van der Waals surface area (Å²) in [4.78, 5) is 0.135. The van der Waals surface area contributed by atoms with E-state index in [2.05, 4.69) is 4.72 Å². The third kappa shape index (κ3) is 4.94. The molecule has 1 unspecified atom stereocenters. The summed E-state index contributed by atoms with van der Waals surface area (Å²) in [5, 5.41) is 0. The van der Waals surface area contributed by atoms with Gasteiger partial charge in [0, 0.05) is 32.9 Å². The molecule has 0 bridgehead atoms. The summed E-state index contributed by atoms with van der Waals surface area (Å²) < 4.78 is 42.1. The van der Waals surface area contributed by atoms with Crippen molar-refractivity contribution in [2.45, 2.75) is 17.5 Å². The number of nitrogens with one attached hydrogen (secondary N) is 1. The zero-order valence-electron chi connectivity index (χ0n) is 12.5. The molecule has 0 spiro atoms. The van der Waals surface area contributed by atoms with Gasteiger partial charge in [0.2, 0.25) is 10.0 Å². The van der Waals surface area contributed by atoms with Gasteiger partial charge in [0.15, 0.2) is 0 Å². The van der Waals surface area contributed by atoms with Gasteiger partial charge in [-0.25, -0.2) is 13.1 Å². The third-order valence-electron chi connectivity index (χ3n) is 2.97. The predicted octanol–water partition coefficient (Wildman–Crippen LogP) is 0.0936. The van der Waals surface area contributed by atoms with E-state index in [0.29, 0.717) is 17.9 Å². The van der Waals surface area contributed by atoms with Gasteiger partial charge < -0.3 is 19.9 Å². The smallest absolute Gasteiger partial charge is 0.240 e. The van der Waals surface area contributed by atoms with E-state index in [-0.39, 0.29) is 24.1 Å². The topological polar surface area (TPSA) is 99.9 Å². The Kier molecular flexibility index (Phi) is 7.06. The lowest BCUT2D eigenvalue weighted by Gasteiger charge is -2.16. The van der Waals surface area contributed by atoms with Crippen molar-refractivity contribution < 1.29 is 22.6 Å². The number of ether oxygens (including phenoxy) is 3. The van der Waals surface area contributed by atoms with Crippen molar-refractivity contribution in [3.8, 4) is 5.75 Å². The Morgan fingerprint density at radius 1 is 1.29 bits per heavy atom. The van der Waals surface area contributed by atoms with Crippen LogP contribution < -0.4 is 15.2 Å². The molecule has 3 N–H and O–H groups in total. The fourth-order valence-corrected chi connectivity index (χ4v) is 2.88. The Morgan fingerprint density at radius 2 is 2.00 bits per heavy atom. The van der Waals surface area contributed by atoms with Crippen LogP contribution in [-0.2, 0) is 26.0 Å². The molecule has 0 heterocycles. The van der Waals surface area contributed by atoms with Gasteiger partial charge in [0.1, 0.15) is 5.75 Å². The van der Waals surface area contributed by atoms with Crippen LogP contribution >= 0.6 is 0 Å². The summed E-state index contributed by atoms with van der Waals surface area (Å²) in [6.45, 7) is 0.614. The van der Waals surface area contributed by atoms with Gasteiger partial charge in [0.05, 0.1) is 24.7 Å². The lowest BCUT2D eigenvalue weighted by molar-refractivity contribution is 0.0320. The highest BCUT2D eigenvalue weighted by Gasteiger charge is 2.18. The maximum atomic E-state index is 12.2. The van der Waals surface area contributed by atoms with E-state index in [1.807, 2.05) is 0 Å². The van der Waals surface area contributed by atoms with E-state index in [1.54, 1.807) is 6.07 Å². The van der Waals surface area contributed by atoms with E-state index in [9.17, 15) is 8.42 Å². The number of benzene rings is 1. The SMILES string of the molecule is COCC(CNS(=O)(=O)c1ccc(OC)c(CN)c1)OC. The summed E-state index contributed by atoms with van der Waals surface area (Å²) in [5.74, 6) is 0.561. The lowest BCUT2D eigenvalue weighted by atomic mass is 10.2. The Bertz CT molecular complexity index is 547. The number of rotatable bonds is 9. The van der Waals surface area contributed by atoms with E-state index in [4.69, 9.17) is 19.9 Å². The average molecular weight is 318 g/mol. The van der Waals surface area contributed by atoms with Crippen LogP contribution in [-0.4, -0.2) is 49.0 Å². The molecule has 1 aromatic rings. The number of hydrogen-bond donors (Lipinski definition) is 2. The number of methoxy groups -OCH3 is 3. The van der Waals surface area contributed by atoms with Gasteiger partial charge in [-0.05, 0) is 18.2 Å². The molecule has 120 valence electrons. The number of nitrogens with two attached hydrogens (primary N) is 1. The quantitative estimate of drug-likeness (QED) is 0.669. The minimum atomic E-state index is -3.64. The molecule has 0 aliphatic carbocycles. The molecule has 0 aliphatic heterocycles. The molecule has 0 fully saturated rings. The first-order valence-corrected chi connectivity index (χ1v) is 7.85. The molecule has 8 heteroatoms. The summed E-state index contributed by atoms with van der Waals surface area (Å²) in [7, 11) is 0.894. The first kappa shape index (κ1) is 17.9. The first-order valence-electron chi connectivity index (χ1n) is 6.36. The highest BCUT2D eigenvalue weighted by Crippen LogP contribution is 2.21. The van der Waals surface area contributed by atoms with Crippen molar-refractivity contribution in [3.05, 3.63) is 23.8 Å². The second kappa shape index (κ2) is 8.30. The first-order chi connectivity index (χ1) is 9.98. The van der Waals surface area contributed by atoms with Crippen LogP contribution in [0.4, 0.5) is 0 Å². The van der Waals surface area contributed by atoms with E-state index in [0.717, 1.165) is 0 Å². The van der Waals surface area contributed by atoms with Gasteiger partial charge in [-0.15, -0.1) is 0 Å². The van der Waals surface area contributed by atoms with Gasteiger partial charge in [-0.2, -0.15) is 0 Å². The molecule has 21 heavy (non-hydrogen) atoms. The van der Waals surface area contributed by atoms with Crippen molar-refractivity contribution in [1.29, 1.82) is 0 Å². The minimum Gasteiger partial charge on any atom is -0.496 e. The molecular weight excluding hydrogens is 296 g/mol. The standard InChI is InChI=1S/C13H22N2O5S/c1-18-9-11(19-2)8-15-21(16,17)12-4-5-13(20-3)10(6-12)7-14/h4-6,11,15H,7-9,14H2,1-3H3. The zero-order valence-corrected chi connectivity index (χ0v) is 13.3. The minimum absolute atomic E-state index is 0.122. The van der Waals surface area contributed by atoms with Gasteiger partial charge in [-0.3, -0.25) is 0 Å². The highest BCUT2D eigenvalue weighted by atomic mass is 32.2. The molecule has 0 aliphatic rings. The Labute approximate surface area is 125 Å². The van der Waals surface area contributed by atoms with Crippen molar-refractivity contribution in [1.82, 2.24) is 4.72 Å². The molecule has 1 rings (SSSR count). The summed E-state index contributed by atoms with van der Waals surface area (Å²) in [6.07, 6.45) is -0.350. The maximum Gasteiger partial charge on any atom is 0.240 e. The van der Waals surface area contributed by atoms with E-state index >= 15 is 0 Å². The van der Waals surface area contributed by atoms with Crippen LogP contribution in [0.2, 0.25) is 0 Å². The summed E-state index contributed by atoms with van der Waals surface area (Å²) >= 11 is 0. The van der Waals surface area contributed by atoms with E-state index < -0.39 is 10.0 Å². The van der Waals surface area contributed by atoms with Crippen LogP contribution in [0.25, 0.3) is 0 Å². The molecule has 1 atom stereocenters. The van der Waals surface area contributed by atoms with Crippen LogP contribution in [0.5, 0.6) is 5.75 Å². The molecule has 0 aromatic heterocycles. The summed E-state index contributed by atoms with van der Waals surface area (Å²) in [5.41, 5.74) is 6.22. The van der Waals surface area contributed by atoms with Crippen LogP contribution in [0.15, 0.2) is 23.1 Å². The highest BCUT2D eigenvalue weighted by molar-refractivity contribution is 7.89. The van der Waals surface area contributed by atoms with Crippen LogP contribution in [0, 0.1) is 0 Å². The van der Waals surface area contributed by atoms with E-state index in [1.165, 1.54) is 33.5 Å². The predicted molar refractivity (Wildman–Crippen MR) is 78.7 cm³/mol. The summed E-state index contributed by atoms with van der Waals surface area (Å²) in [6, 6.07) is 4.55. The van der Waals surface area contributed by atoms with Crippen molar-refractivity contribution in [2.24, 2.45) is 5.73 Å². The number of sulfonamides is 1. The molecule has 0 amide bonds. The lowest BCUT2D eigenvalue weighted by Crippen LogP contribution is -2.35. The van der Waals surface area contributed by atoms with Crippen molar-refractivity contribution >= 4 is 10.0 Å². The Morgan fingerprint density at radius 3 is 2.52 bits per heavy atom. The molecule has 7 nitrogen and oxygen atoms in total. The molecule has 0 saturated heterocycles. The Hall–Kier alpha value is -1.19. The monoisotopic (exact) mass is 318 g/mol. The van der Waals surface area contributed by atoms with Gasteiger partial charge in [-0.1, -0.05) is 0 Å². The molecule has 1 aromatic carbocycles. The van der Waals surface area contributed by atoms with Gasteiger partial charge >= 0.3 is 0 Å². The zero-order chi connectivity index (χ0) is 15.9. The fraction of sp³-hybridized carbons (Fsp3) is 0.538. The third-order valence-corrected chi connectivity index (χ3v) is 4.39. The second-order valence-corrected chi connectivity index (χ2v) is 6.11.